The molecular formula is C17H34O3. The minimum atomic E-state index is -0.361. The summed E-state index contributed by atoms with van der Waals surface area (Å²) in [5.41, 5.74) is -0.422. The molecule has 3 heteroatoms. The number of rotatable bonds is 8. The van der Waals surface area contributed by atoms with Crippen LogP contribution in [0.4, 0.5) is 0 Å². The monoisotopic (exact) mass is 286 g/mol. The highest BCUT2D eigenvalue weighted by atomic mass is 16.5. The highest BCUT2D eigenvalue weighted by Crippen LogP contribution is 2.35. The number of ketones is 1. The van der Waals surface area contributed by atoms with E-state index in [1.54, 1.807) is 7.11 Å². The van der Waals surface area contributed by atoms with Crippen LogP contribution < -0.4 is 0 Å². The Labute approximate surface area is 125 Å². The SMILES string of the molecule is COC(C)(C)CCOC(C)C(=O)C(C)(C)CC(C)(C)C. The average molecular weight is 286 g/mol. The molecule has 0 spiro atoms. The van der Waals surface area contributed by atoms with E-state index in [9.17, 15) is 4.79 Å². The van der Waals surface area contributed by atoms with Crippen LogP contribution >= 0.6 is 0 Å². The van der Waals surface area contributed by atoms with Gasteiger partial charge in [-0.3, -0.25) is 4.79 Å². The molecule has 0 N–H and O–H groups in total. The van der Waals surface area contributed by atoms with Crippen molar-refractivity contribution in [2.24, 2.45) is 10.8 Å². The molecule has 0 saturated carbocycles. The first-order valence-electron chi connectivity index (χ1n) is 7.52. The number of hydrogen-bond donors (Lipinski definition) is 0. The summed E-state index contributed by atoms with van der Waals surface area (Å²) in [5.74, 6) is 0.183. The molecular weight excluding hydrogens is 252 g/mol. The second-order valence-electron chi connectivity index (χ2n) is 8.21. The standard InChI is InChI=1S/C17H34O3/c1-13(20-11-10-17(7,8)19-9)14(18)16(5,6)12-15(2,3)4/h13H,10-12H2,1-9H3. The minimum absolute atomic E-state index is 0.136. The van der Waals surface area contributed by atoms with Gasteiger partial charge < -0.3 is 9.47 Å². The van der Waals surface area contributed by atoms with E-state index >= 15 is 0 Å². The van der Waals surface area contributed by atoms with Gasteiger partial charge in [-0.15, -0.1) is 0 Å². The van der Waals surface area contributed by atoms with Crippen LogP contribution in [0.3, 0.4) is 0 Å². The lowest BCUT2D eigenvalue weighted by molar-refractivity contribution is -0.140. The van der Waals surface area contributed by atoms with E-state index in [1.807, 2.05) is 34.6 Å². The topological polar surface area (TPSA) is 35.5 Å². The molecule has 0 fully saturated rings. The summed E-state index contributed by atoms with van der Waals surface area (Å²) in [6, 6.07) is 0. The molecule has 0 aliphatic heterocycles. The first-order chi connectivity index (χ1) is 8.81. The fourth-order valence-electron chi connectivity index (χ4n) is 2.62. The van der Waals surface area contributed by atoms with Crippen molar-refractivity contribution in [2.45, 2.75) is 79.9 Å². The Bertz CT molecular complexity index is 311. The smallest absolute Gasteiger partial charge is 0.166 e. The van der Waals surface area contributed by atoms with E-state index in [2.05, 4.69) is 20.8 Å². The van der Waals surface area contributed by atoms with Gasteiger partial charge in [0.1, 0.15) is 6.10 Å². The number of carbonyl (C=O) groups is 1. The first kappa shape index (κ1) is 19.6. The zero-order valence-corrected chi connectivity index (χ0v) is 14.9. The summed E-state index contributed by atoms with van der Waals surface area (Å²) in [4.78, 5) is 12.5. The van der Waals surface area contributed by atoms with Gasteiger partial charge in [0, 0.05) is 12.5 Å². The van der Waals surface area contributed by atoms with Crippen molar-refractivity contribution >= 4 is 5.78 Å². The Kier molecular flexibility index (Phi) is 6.89. The summed E-state index contributed by atoms with van der Waals surface area (Å²) in [5, 5.41) is 0. The number of carbonyl (C=O) groups excluding carboxylic acids is 1. The van der Waals surface area contributed by atoms with Gasteiger partial charge in [-0.2, -0.15) is 0 Å². The molecule has 0 saturated heterocycles. The van der Waals surface area contributed by atoms with Crippen LogP contribution in [0.15, 0.2) is 0 Å². The molecule has 0 radical (unpaired) electrons. The largest absolute Gasteiger partial charge is 0.379 e. The second-order valence-corrected chi connectivity index (χ2v) is 8.21. The van der Waals surface area contributed by atoms with E-state index < -0.39 is 0 Å². The molecule has 120 valence electrons. The summed E-state index contributed by atoms with van der Waals surface area (Å²) < 4.78 is 11.1. The molecule has 0 amide bonds. The van der Waals surface area contributed by atoms with Gasteiger partial charge in [0.25, 0.3) is 0 Å². The predicted molar refractivity (Wildman–Crippen MR) is 84.0 cm³/mol. The third-order valence-electron chi connectivity index (χ3n) is 3.63. The summed E-state index contributed by atoms with van der Waals surface area (Å²) in [6.45, 7) is 16.9. The molecule has 1 atom stereocenters. The highest BCUT2D eigenvalue weighted by molar-refractivity contribution is 5.87. The van der Waals surface area contributed by atoms with Gasteiger partial charge in [-0.1, -0.05) is 34.6 Å². The van der Waals surface area contributed by atoms with Gasteiger partial charge in [0.2, 0.25) is 0 Å². The van der Waals surface area contributed by atoms with E-state index in [-0.39, 0.29) is 28.3 Å². The maximum atomic E-state index is 12.5. The van der Waals surface area contributed by atoms with E-state index in [1.165, 1.54) is 0 Å². The van der Waals surface area contributed by atoms with Crippen LogP contribution in [-0.2, 0) is 14.3 Å². The molecule has 20 heavy (non-hydrogen) atoms. The van der Waals surface area contributed by atoms with Gasteiger partial charge in [-0.05, 0) is 39.0 Å². The summed E-state index contributed by atoms with van der Waals surface area (Å²) in [7, 11) is 1.70. The maximum absolute atomic E-state index is 12.5. The molecule has 0 heterocycles. The van der Waals surface area contributed by atoms with Gasteiger partial charge in [-0.25, -0.2) is 0 Å². The van der Waals surface area contributed by atoms with E-state index in [0.29, 0.717) is 6.61 Å². The molecule has 0 bridgehead atoms. The summed E-state index contributed by atoms with van der Waals surface area (Å²) >= 11 is 0. The second kappa shape index (κ2) is 7.04. The average Bonchev–Trinajstić information content (AvgIpc) is 2.24. The third-order valence-corrected chi connectivity index (χ3v) is 3.63. The van der Waals surface area contributed by atoms with Crippen molar-refractivity contribution in [3.8, 4) is 0 Å². The molecule has 0 aliphatic carbocycles. The number of Topliss-reactive ketones (excluding diaryl/α,β-unsaturated/α-hetero) is 1. The normalized spacial score (nSPS) is 15.2. The van der Waals surface area contributed by atoms with Crippen LogP contribution in [0.2, 0.25) is 0 Å². The lowest BCUT2D eigenvalue weighted by Gasteiger charge is -2.33. The Morgan fingerprint density at radius 1 is 1.05 bits per heavy atom. The van der Waals surface area contributed by atoms with Crippen LogP contribution in [0, 0.1) is 10.8 Å². The predicted octanol–water partition coefficient (Wildman–Crippen LogP) is 4.24. The highest BCUT2D eigenvalue weighted by Gasteiger charge is 2.35. The zero-order valence-electron chi connectivity index (χ0n) is 14.9. The lowest BCUT2D eigenvalue weighted by Crippen LogP contribution is -2.38. The number of hydrogen-bond acceptors (Lipinski definition) is 3. The molecule has 0 rings (SSSR count). The first-order valence-corrected chi connectivity index (χ1v) is 7.52. The van der Waals surface area contributed by atoms with Crippen LogP contribution in [0.5, 0.6) is 0 Å². The molecule has 0 aromatic heterocycles. The molecule has 0 aromatic carbocycles. The fourth-order valence-corrected chi connectivity index (χ4v) is 2.62. The Morgan fingerprint density at radius 3 is 1.95 bits per heavy atom. The van der Waals surface area contributed by atoms with Crippen molar-refractivity contribution in [3.63, 3.8) is 0 Å². The lowest BCUT2D eigenvalue weighted by atomic mass is 9.73. The van der Waals surface area contributed by atoms with Crippen molar-refractivity contribution in [3.05, 3.63) is 0 Å². The van der Waals surface area contributed by atoms with Gasteiger partial charge in [0.15, 0.2) is 5.78 Å². The van der Waals surface area contributed by atoms with Crippen molar-refractivity contribution < 1.29 is 14.3 Å². The van der Waals surface area contributed by atoms with Crippen LogP contribution in [0.25, 0.3) is 0 Å². The molecule has 3 nitrogen and oxygen atoms in total. The van der Waals surface area contributed by atoms with Crippen molar-refractivity contribution in [2.75, 3.05) is 13.7 Å². The Morgan fingerprint density at radius 2 is 1.55 bits per heavy atom. The third kappa shape index (κ3) is 7.39. The van der Waals surface area contributed by atoms with Gasteiger partial charge >= 0.3 is 0 Å². The van der Waals surface area contributed by atoms with Crippen molar-refractivity contribution in [1.29, 1.82) is 0 Å². The maximum Gasteiger partial charge on any atom is 0.166 e. The van der Waals surface area contributed by atoms with Crippen LogP contribution in [0.1, 0.15) is 68.2 Å². The minimum Gasteiger partial charge on any atom is -0.379 e. The van der Waals surface area contributed by atoms with Crippen molar-refractivity contribution in [1.82, 2.24) is 0 Å². The number of ether oxygens (including phenoxy) is 2. The number of methoxy groups -OCH3 is 1. The zero-order chi connectivity index (χ0) is 16.2. The van der Waals surface area contributed by atoms with E-state index in [4.69, 9.17) is 9.47 Å². The van der Waals surface area contributed by atoms with Crippen LogP contribution in [-0.4, -0.2) is 31.2 Å². The fraction of sp³-hybridized carbons (Fsp3) is 0.941. The summed E-state index contributed by atoms with van der Waals surface area (Å²) in [6.07, 6.45) is 1.27. The molecule has 1 unspecified atom stereocenters. The molecule has 0 aliphatic rings. The Hall–Kier alpha value is -0.410. The van der Waals surface area contributed by atoms with Gasteiger partial charge in [0.05, 0.1) is 12.2 Å². The molecule has 0 aromatic rings. The Balaban J connectivity index is 4.41. The quantitative estimate of drug-likeness (QED) is 0.669. The van der Waals surface area contributed by atoms with E-state index in [0.717, 1.165) is 12.8 Å².